The van der Waals surface area contributed by atoms with Crippen molar-refractivity contribution in [3.8, 4) is 0 Å². The molecule has 154 valence electrons. The van der Waals surface area contributed by atoms with Gasteiger partial charge >= 0.3 is 0 Å². The highest BCUT2D eigenvalue weighted by atomic mass is 32.2. The van der Waals surface area contributed by atoms with E-state index >= 15 is 0 Å². The first kappa shape index (κ1) is 21.0. The molecule has 2 aliphatic rings. The van der Waals surface area contributed by atoms with Crippen molar-refractivity contribution in [1.29, 1.82) is 0 Å². The molecule has 3 rings (SSSR count). The molecule has 1 N–H and O–H groups in total. The SMILES string of the molecule is O=C(NCCC1=CCCCC1)c1cc(S(=O)(=O)[C@H]2CCS(=O)(=O)C2)ccc1F. The van der Waals surface area contributed by atoms with Crippen LogP contribution in [0, 0.1) is 5.82 Å². The van der Waals surface area contributed by atoms with E-state index in [-0.39, 0.29) is 22.6 Å². The van der Waals surface area contributed by atoms with Gasteiger partial charge in [-0.1, -0.05) is 11.6 Å². The first-order valence-electron chi connectivity index (χ1n) is 9.39. The molecule has 0 bridgehead atoms. The van der Waals surface area contributed by atoms with E-state index < -0.39 is 42.4 Å². The fourth-order valence-electron chi connectivity index (χ4n) is 3.62. The lowest BCUT2D eigenvalue weighted by atomic mass is 9.97. The number of halogens is 1. The summed E-state index contributed by atoms with van der Waals surface area (Å²) in [6.07, 6.45) is 7.20. The molecule has 1 aromatic carbocycles. The number of carbonyl (C=O) groups is 1. The summed E-state index contributed by atoms with van der Waals surface area (Å²) in [6, 6.07) is 3.03. The van der Waals surface area contributed by atoms with Gasteiger partial charge in [-0.15, -0.1) is 0 Å². The highest BCUT2D eigenvalue weighted by Crippen LogP contribution is 2.27. The average Bonchev–Trinajstić information content (AvgIpc) is 3.03. The topological polar surface area (TPSA) is 97.4 Å². The number of nitrogens with one attached hydrogen (secondary N) is 1. The third-order valence-electron chi connectivity index (χ3n) is 5.26. The Morgan fingerprint density at radius 1 is 1.25 bits per heavy atom. The maximum atomic E-state index is 14.1. The number of allylic oxidation sites excluding steroid dienone is 1. The lowest BCUT2D eigenvalue weighted by Crippen LogP contribution is -2.27. The van der Waals surface area contributed by atoms with E-state index in [9.17, 15) is 26.0 Å². The Morgan fingerprint density at radius 3 is 2.68 bits per heavy atom. The van der Waals surface area contributed by atoms with E-state index in [1.807, 2.05) is 0 Å². The fraction of sp³-hybridized carbons (Fsp3) is 0.526. The minimum absolute atomic E-state index is 0.0126. The van der Waals surface area contributed by atoms with Gasteiger partial charge in [0.1, 0.15) is 5.82 Å². The number of rotatable bonds is 6. The van der Waals surface area contributed by atoms with Crippen LogP contribution in [-0.4, -0.2) is 46.0 Å². The van der Waals surface area contributed by atoms with Crippen LogP contribution in [-0.2, 0) is 19.7 Å². The van der Waals surface area contributed by atoms with Gasteiger partial charge in [0.15, 0.2) is 19.7 Å². The molecule has 0 radical (unpaired) electrons. The van der Waals surface area contributed by atoms with Crippen LogP contribution in [0.5, 0.6) is 0 Å². The van der Waals surface area contributed by atoms with Gasteiger partial charge < -0.3 is 5.32 Å². The molecule has 1 amide bonds. The lowest BCUT2D eigenvalue weighted by Gasteiger charge is -2.14. The molecule has 1 aromatic rings. The Bertz CT molecular complexity index is 999. The van der Waals surface area contributed by atoms with Gasteiger partial charge in [0, 0.05) is 6.54 Å². The van der Waals surface area contributed by atoms with Crippen LogP contribution in [0.2, 0.25) is 0 Å². The zero-order chi connectivity index (χ0) is 20.4. The van der Waals surface area contributed by atoms with Gasteiger partial charge in [-0.2, -0.15) is 0 Å². The van der Waals surface area contributed by atoms with Gasteiger partial charge in [0.05, 0.1) is 27.2 Å². The van der Waals surface area contributed by atoms with Crippen LogP contribution in [0.3, 0.4) is 0 Å². The van der Waals surface area contributed by atoms with Crippen LogP contribution in [0.25, 0.3) is 0 Å². The summed E-state index contributed by atoms with van der Waals surface area (Å²) in [5, 5.41) is 1.58. The van der Waals surface area contributed by atoms with Crippen molar-refractivity contribution in [2.75, 3.05) is 18.1 Å². The van der Waals surface area contributed by atoms with Crippen molar-refractivity contribution in [2.24, 2.45) is 0 Å². The molecule has 0 spiro atoms. The summed E-state index contributed by atoms with van der Waals surface area (Å²) in [7, 11) is -7.34. The number of amides is 1. The number of hydrogen-bond acceptors (Lipinski definition) is 5. The summed E-state index contributed by atoms with van der Waals surface area (Å²) in [5.41, 5.74) is 0.922. The van der Waals surface area contributed by atoms with E-state index in [0.717, 1.165) is 37.5 Å². The predicted molar refractivity (Wildman–Crippen MR) is 104 cm³/mol. The molecule has 1 saturated heterocycles. The smallest absolute Gasteiger partial charge is 0.254 e. The summed E-state index contributed by atoms with van der Waals surface area (Å²) >= 11 is 0. The fourth-order valence-corrected chi connectivity index (χ4v) is 8.00. The van der Waals surface area contributed by atoms with Gasteiger partial charge in [-0.3, -0.25) is 4.79 Å². The Morgan fingerprint density at radius 2 is 2.04 bits per heavy atom. The van der Waals surface area contributed by atoms with Crippen molar-refractivity contribution >= 4 is 25.6 Å². The van der Waals surface area contributed by atoms with Crippen LogP contribution in [0.4, 0.5) is 4.39 Å². The van der Waals surface area contributed by atoms with Crippen molar-refractivity contribution in [3.63, 3.8) is 0 Å². The van der Waals surface area contributed by atoms with Gasteiger partial charge in [0.2, 0.25) is 0 Å². The highest BCUT2D eigenvalue weighted by Gasteiger charge is 2.38. The summed E-state index contributed by atoms with van der Waals surface area (Å²) in [4.78, 5) is 12.1. The molecule has 0 aromatic heterocycles. The van der Waals surface area contributed by atoms with E-state index in [1.54, 1.807) is 0 Å². The third-order valence-corrected chi connectivity index (χ3v) is 9.43. The van der Waals surface area contributed by atoms with Gasteiger partial charge in [0.25, 0.3) is 5.91 Å². The zero-order valence-corrected chi connectivity index (χ0v) is 17.1. The molecule has 1 atom stereocenters. The minimum Gasteiger partial charge on any atom is -0.352 e. The third kappa shape index (κ3) is 4.81. The molecular formula is C19H24FNO5S2. The van der Waals surface area contributed by atoms with Gasteiger partial charge in [-0.25, -0.2) is 21.2 Å². The molecule has 1 heterocycles. The van der Waals surface area contributed by atoms with Crippen LogP contribution < -0.4 is 5.32 Å². The average molecular weight is 430 g/mol. The molecule has 28 heavy (non-hydrogen) atoms. The van der Waals surface area contributed by atoms with Crippen molar-refractivity contribution < 1.29 is 26.0 Å². The predicted octanol–water partition coefficient (Wildman–Crippen LogP) is 2.41. The summed E-state index contributed by atoms with van der Waals surface area (Å²) < 4.78 is 62.7. The van der Waals surface area contributed by atoms with Crippen molar-refractivity contribution in [3.05, 3.63) is 41.2 Å². The maximum absolute atomic E-state index is 14.1. The molecule has 1 aliphatic heterocycles. The second kappa shape index (κ2) is 8.32. The van der Waals surface area contributed by atoms with Crippen molar-refractivity contribution in [1.82, 2.24) is 5.32 Å². The molecule has 1 aliphatic carbocycles. The molecule has 1 fully saturated rings. The molecule has 9 heteroatoms. The Labute approximate surface area is 165 Å². The zero-order valence-electron chi connectivity index (χ0n) is 15.5. The molecule has 0 saturated carbocycles. The Hall–Kier alpha value is -1.74. The first-order chi connectivity index (χ1) is 13.2. The quantitative estimate of drug-likeness (QED) is 0.553. The maximum Gasteiger partial charge on any atom is 0.254 e. The second-order valence-electron chi connectivity index (χ2n) is 7.33. The molecule has 6 nitrogen and oxygen atoms in total. The van der Waals surface area contributed by atoms with Crippen LogP contribution in [0.15, 0.2) is 34.7 Å². The molecular weight excluding hydrogens is 405 g/mol. The Balaban J connectivity index is 1.72. The van der Waals surface area contributed by atoms with E-state index in [2.05, 4.69) is 11.4 Å². The Kier molecular flexibility index (Phi) is 6.24. The number of sulfone groups is 2. The monoisotopic (exact) mass is 429 g/mol. The number of carbonyl (C=O) groups excluding carboxylic acids is 1. The van der Waals surface area contributed by atoms with Crippen LogP contribution in [0.1, 0.15) is 48.9 Å². The minimum atomic E-state index is -3.96. The largest absolute Gasteiger partial charge is 0.352 e. The summed E-state index contributed by atoms with van der Waals surface area (Å²) in [5.74, 6) is -2.11. The second-order valence-corrected chi connectivity index (χ2v) is 11.8. The van der Waals surface area contributed by atoms with Crippen LogP contribution >= 0.6 is 0 Å². The lowest BCUT2D eigenvalue weighted by molar-refractivity contribution is 0.0949. The number of benzene rings is 1. The van der Waals surface area contributed by atoms with Crippen molar-refractivity contribution in [2.45, 2.75) is 48.7 Å². The normalized spacial score (nSPS) is 21.9. The first-order valence-corrected chi connectivity index (χ1v) is 12.8. The highest BCUT2D eigenvalue weighted by molar-refractivity contribution is 7.96. The van der Waals surface area contributed by atoms with E-state index in [4.69, 9.17) is 0 Å². The number of hydrogen-bond donors (Lipinski definition) is 1. The summed E-state index contributed by atoms with van der Waals surface area (Å²) in [6.45, 7) is 0.349. The molecule has 0 unspecified atom stereocenters. The standard InChI is InChI=1S/C19H24FNO5S2/c20-18-7-6-15(28(25,26)16-9-11-27(23,24)13-16)12-17(18)19(22)21-10-8-14-4-2-1-3-5-14/h4,6-7,12,16H,1-3,5,8-11,13H2,(H,21,22)/t16-/m0/s1. The van der Waals surface area contributed by atoms with E-state index in [1.165, 1.54) is 12.0 Å². The van der Waals surface area contributed by atoms with E-state index in [0.29, 0.717) is 13.0 Å². The van der Waals surface area contributed by atoms with Gasteiger partial charge in [-0.05, 0) is 56.7 Å².